The molecule has 3 nitrogen and oxygen atoms in total. The minimum absolute atomic E-state index is 0.108. The van der Waals surface area contributed by atoms with Gasteiger partial charge in [-0.25, -0.2) is 0 Å². The molecule has 1 aromatic heterocycles. The van der Waals surface area contributed by atoms with Gasteiger partial charge in [0.25, 0.3) is 0 Å². The van der Waals surface area contributed by atoms with E-state index in [0.717, 1.165) is 25.1 Å². The fourth-order valence-corrected chi connectivity index (χ4v) is 3.53. The Morgan fingerprint density at radius 1 is 1.65 bits per heavy atom. The number of hydrogen-bond donors (Lipinski definition) is 1. The van der Waals surface area contributed by atoms with Gasteiger partial charge in [0.2, 0.25) is 5.91 Å². The summed E-state index contributed by atoms with van der Waals surface area (Å²) in [6.45, 7) is 0.845. The van der Waals surface area contributed by atoms with E-state index in [4.69, 9.17) is 0 Å². The zero-order chi connectivity index (χ0) is 11.9. The van der Waals surface area contributed by atoms with Crippen LogP contribution in [0.1, 0.15) is 23.9 Å². The van der Waals surface area contributed by atoms with Crippen molar-refractivity contribution in [2.75, 3.05) is 18.6 Å². The van der Waals surface area contributed by atoms with E-state index in [9.17, 15) is 4.79 Å². The Hall–Kier alpha value is -0.520. The lowest BCUT2D eigenvalue weighted by Crippen LogP contribution is -2.33. The first-order valence-corrected chi connectivity index (χ1v) is 8.15. The van der Waals surface area contributed by atoms with Crippen LogP contribution in [-0.2, 0) is 4.79 Å². The molecule has 2 aliphatic rings. The molecule has 0 radical (unpaired) electrons. The number of amides is 1. The summed E-state index contributed by atoms with van der Waals surface area (Å²) >= 11 is 3.52. The summed E-state index contributed by atoms with van der Waals surface area (Å²) in [4.78, 5) is 15.6. The maximum Gasteiger partial charge on any atom is 0.244 e. The van der Waals surface area contributed by atoms with E-state index < -0.39 is 0 Å². The van der Waals surface area contributed by atoms with E-state index in [2.05, 4.69) is 29.1 Å². The molecule has 1 saturated carbocycles. The Balaban J connectivity index is 1.83. The van der Waals surface area contributed by atoms with Crippen molar-refractivity contribution in [1.82, 2.24) is 10.2 Å². The van der Waals surface area contributed by atoms with Gasteiger partial charge in [0.1, 0.15) is 11.7 Å². The van der Waals surface area contributed by atoms with E-state index in [1.807, 2.05) is 4.90 Å². The van der Waals surface area contributed by atoms with Crippen molar-refractivity contribution in [3.05, 3.63) is 22.4 Å². The molecular formula is C12H16N2OS2. The molecule has 2 heterocycles. The topological polar surface area (TPSA) is 32.3 Å². The van der Waals surface area contributed by atoms with Gasteiger partial charge in [0.05, 0.1) is 0 Å². The van der Waals surface area contributed by atoms with Crippen molar-refractivity contribution >= 4 is 29.0 Å². The Morgan fingerprint density at radius 2 is 2.47 bits per heavy atom. The van der Waals surface area contributed by atoms with Crippen molar-refractivity contribution in [2.24, 2.45) is 0 Å². The molecule has 1 amide bonds. The normalized spacial score (nSPS) is 25.8. The minimum atomic E-state index is -0.201. The second-order valence-corrected chi connectivity index (χ2v) is 6.60. The third-order valence-electron chi connectivity index (χ3n) is 3.49. The molecule has 17 heavy (non-hydrogen) atoms. The fourth-order valence-electron chi connectivity index (χ4n) is 2.37. The molecule has 1 atom stereocenters. The predicted octanol–water partition coefficient (Wildman–Crippen LogP) is 2.07. The zero-order valence-corrected chi connectivity index (χ0v) is 11.4. The zero-order valence-electron chi connectivity index (χ0n) is 9.81. The number of thiophene rings is 1. The first kappa shape index (κ1) is 11.6. The molecule has 1 unspecified atom stereocenters. The Morgan fingerprint density at radius 3 is 3.06 bits per heavy atom. The summed E-state index contributed by atoms with van der Waals surface area (Å²) in [5.41, 5.74) is -0.201. The van der Waals surface area contributed by atoms with Gasteiger partial charge < -0.3 is 4.90 Å². The molecule has 1 aliphatic heterocycles. The number of hydrogen-bond acceptors (Lipinski definition) is 4. The van der Waals surface area contributed by atoms with E-state index in [1.54, 1.807) is 23.1 Å². The van der Waals surface area contributed by atoms with Gasteiger partial charge in [-0.05, 0) is 30.5 Å². The maximum atomic E-state index is 12.4. The average molecular weight is 268 g/mol. The van der Waals surface area contributed by atoms with Crippen LogP contribution >= 0.6 is 23.1 Å². The predicted molar refractivity (Wildman–Crippen MR) is 72.3 cm³/mol. The number of thioether (sulfide) groups is 1. The van der Waals surface area contributed by atoms with Gasteiger partial charge in [-0.2, -0.15) is 11.8 Å². The lowest BCUT2D eigenvalue weighted by atomic mass is 10.3. The molecular weight excluding hydrogens is 252 g/mol. The van der Waals surface area contributed by atoms with Crippen LogP contribution in [0.4, 0.5) is 0 Å². The van der Waals surface area contributed by atoms with Crippen LogP contribution < -0.4 is 5.32 Å². The molecule has 0 aromatic carbocycles. The lowest BCUT2D eigenvalue weighted by molar-refractivity contribution is -0.130. The Labute approximate surface area is 110 Å². The van der Waals surface area contributed by atoms with E-state index in [1.165, 1.54) is 4.88 Å². The number of rotatable bonds is 4. The van der Waals surface area contributed by atoms with Crippen LogP contribution in [0, 0.1) is 0 Å². The first-order valence-electron chi connectivity index (χ1n) is 5.88. The number of carbonyl (C=O) groups is 1. The molecule has 2 fully saturated rings. The second kappa shape index (κ2) is 4.30. The van der Waals surface area contributed by atoms with Crippen LogP contribution in [0.25, 0.3) is 0 Å². The van der Waals surface area contributed by atoms with Crippen LogP contribution in [0.5, 0.6) is 0 Å². The van der Waals surface area contributed by atoms with Crippen molar-refractivity contribution in [3.8, 4) is 0 Å². The van der Waals surface area contributed by atoms with E-state index in [-0.39, 0.29) is 11.7 Å². The third-order valence-corrected chi connectivity index (χ3v) is 5.01. The molecule has 1 N–H and O–H groups in total. The SMILES string of the molecule is CSCCN1C(=O)C2(CC2)NC1c1cccs1. The number of nitrogens with one attached hydrogen (secondary N) is 1. The molecule has 1 spiro atoms. The molecule has 1 aromatic rings. The van der Waals surface area contributed by atoms with Crippen molar-refractivity contribution < 1.29 is 4.79 Å². The molecule has 1 aliphatic carbocycles. The lowest BCUT2D eigenvalue weighted by Gasteiger charge is -2.22. The summed E-state index contributed by atoms with van der Waals surface area (Å²) < 4.78 is 0. The van der Waals surface area contributed by atoms with Crippen molar-refractivity contribution in [2.45, 2.75) is 24.5 Å². The quantitative estimate of drug-likeness (QED) is 0.907. The maximum absolute atomic E-state index is 12.4. The molecule has 0 bridgehead atoms. The van der Waals surface area contributed by atoms with Gasteiger partial charge in [0.15, 0.2) is 0 Å². The van der Waals surface area contributed by atoms with Gasteiger partial charge in [-0.3, -0.25) is 10.1 Å². The van der Waals surface area contributed by atoms with Crippen molar-refractivity contribution in [3.63, 3.8) is 0 Å². The summed E-state index contributed by atoms with van der Waals surface area (Å²) in [5, 5.41) is 5.61. The van der Waals surface area contributed by atoms with Gasteiger partial charge in [0, 0.05) is 17.2 Å². The van der Waals surface area contributed by atoms with Crippen LogP contribution in [0.2, 0.25) is 0 Å². The highest BCUT2D eigenvalue weighted by atomic mass is 32.2. The highest BCUT2D eigenvalue weighted by Crippen LogP contribution is 2.46. The molecule has 92 valence electrons. The summed E-state index contributed by atoms with van der Waals surface area (Å²) in [6.07, 6.45) is 4.20. The van der Waals surface area contributed by atoms with Crippen LogP contribution in [0.15, 0.2) is 17.5 Å². The summed E-state index contributed by atoms with van der Waals surface area (Å²) in [6, 6.07) is 4.17. The molecule has 1 saturated heterocycles. The van der Waals surface area contributed by atoms with E-state index >= 15 is 0 Å². The number of carbonyl (C=O) groups excluding carboxylic acids is 1. The molecule has 3 rings (SSSR count). The highest BCUT2D eigenvalue weighted by Gasteiger charge is 2.59. The monoisotopic (exact) mass is 268 g/mol. The van der Waals surface area contributed by atoms with Gasteiger partial charge >= 0.3 is 0 Å². The molecule has 5 heteroatoms. The minimum Gasteiger partial charge on any atom is -0.320 e. The fraction of sp³-hybridized carbons (Fsp3) is 0.583. The first-order chi connectivity index (χ1) is 8.27. The van der Waals surface area contributed by atoms with Gasteiger partial charge in [-0.1, -0.05) is 6.07 Å². The Bertz CT molecular complexity index is 414. The van der Waals surface area contributed by atoms with Crippen molar-refractivity contribution in [1.29, 1.82) is 0 Å². The van der Waals surface area contributed by atoms with Gasteiger partial charge in [-0.15, -0.1) is 11.3 Å². The largest absolute Gasteiger partial charge is 0.320 e. The summed E-state index contributed by atoms with van der Waals surface area (Å²) in [5.74, 6) is 1.32. The van der Waals surface area contributed by atoms with Crippen LogP contribution in [0.3, 0.4) is 0 Å². The smallest absolute Gasteiger partial charge is 0.244 e. The highest BCUT2D eigenvalue weighted by molar-refractivity contribution is 7.98. The van der Waals surface area contributed by atoms with E-state index in [0.29, 0.717) is 5.91 Å². The third kappa shape index (κ3) is 1.90. The summed E-state index contributed by atoms with van der Waals surface area (Å²) in [7, 11) is 0. The average Bonchev–Trinajstić information content (AvgIpc) is 2.82. The number of nitrogens with zero attached hydrogens (tertiary/aromatic N) is 1. The Kier molecular flexibility index (Phi) is 2.92. The second-order valence-electron chi connectivity index (χ2n) is 4.64. The standard InChI is InChI=1S/C12H16N2OS2/c1-16-8-6-14-10(9-3-2-7-17-9)13-12(4-5-12)11(14)15/h2-3,7,10,13H,4-6,8H2,1H3. The van der Waals surface area contributed by atoms with Crippen LogP contribution in [-0.4, -0.2) is 34.9 Å².